The van der Waals surface area contributed by atoms with E-state index < -0.39 is 5.60 Å². The zero-order valence-electron chi connectivity index (χ0n) is 29.9. The average Bonchev–Trinajstić information content (AvgIpc) is 3.00. The van der Waals surface area contributed by atoms with Crippen molar-refractivity contribution in [1.29, 1.82) is 0 Å². The molecule has 2 fully saturated rings. The largest absolute Gasteiger partial charge is 0.490 e. The van der Waals surface area contributed by atoms with Gasteiger partial charge in [-0.15, -0.1) is 0 Å². The molecule has 0 aromatic heterocycles. The molecule has 0 bridgehead atoms. The molecule has 1 atom stereocenters. The molecule has 0 N–H and O–H groups in total. The van der Waals surface area contributed by atoms with E-state index in [9.17, 15) is 14.4 Å². The number of carbonyl (C=O) groups excluding carboxylic acids is 3. The Kier molecular flexibility index (Phi) is 11.8. The third kappa shape index (κ3) is 9.86. The highest BCUT2D eigenvalue weighted by molar-refractivity contribution is 5.94. The molecule has 0 unspecified atom stereocenters. The summed E-state index contributed by atoms with van der Waals surface area (Å²) in [6.07, 6.45) is 3.05. The number of urea groups is 1. The van der Waals surface area contributed by atoms with Crippen molar-refractivity contribution >= 4 is 23.7 Å². The molecule has 1 saturated heterocycles. The molecule has 10 nitrogen and oxygen atoms in total. The molecule has 2 aromatic carbocycles. The van der Waals surface area contributed by atoms with Gasteiger partial charge in [0.2, 0.25) is 5.91 Å². The van der Waals surface area contributed by atoms with Gasteiger partial charge < -0.3 is 29.1 Å². The molecular formula is C37H55N5O5. The number of anilines is 1. The van der Waals surface area contributed by atoms with E-state index in [1.165, 1.54) is 5.56 Å². The van der Waals surface area contributed by atoms with Crippen LogP contribution >= 0.6 is 0 Å². The Bertz CT molecular complexity index is 1400. The SMILES string of the molecule is Cc1cc(N(C)C(=O)C2CCC(Oc3cccc(CN(C)C(=O)N(C)C)c3)CC2)ccc1CN1CCN(C(=O)OC(C)(C)C)[C@@H](C)C1. The van der Waals surface area contributed by atoms with Crippen LogP contribution < -0.4 is 9.64 Å². The van der Waals surface area contributed by atoms with Crippen LogP contribution in [0.4, 0.5) is 15.3 Å². The summed E-state index contributed by atoms with van der Waals surface area (Å²) in [7, 11) is 7.16. The van der Waals surface area contributed by atoms with Crippen molar-refractivity contribution in [3.8, 4) is 5.75 Å². The first-order chi connectivity index (χ1) is 22.1. The fourth-order valence-electron chi connectivity index (χ4n) is 6.50. The van der Waals surface area contributed by atoms with E-state index in [1.807, 2.05) is 63.1 Å². The van der Waals surface area contributed by atoms with Crippen LogP contribution in [0.25, 0.3) is 0 Å². The van der Waals surface area contributed by atoms with E-state index in [2.05, 4.69) is 30.9 Å². The fraction of sp³-hybridized carbons (Fsp3) is 0.595. The first-order valence-corrected chi connectivity index (χ1v) is 16.9. The number of carbonyl (C=O) groups is 3. The second kappa shape index (κ2) is 15.4. The highest BCUT2D eigenvalue weighted by atomic mass is 16.6. The van der Waals surface area contributed by atoms with Crippen LogP contribution in [0.3, 0.4) is 0 Å². The lowest BCUT2D eigenvalue weighted by molar-refractivity contribution is -0.123. The number of ether oxygens (including phenoxy) is 2. The number of amides is 4. The maximum Gasteiger partial charge on any atom is 0.410 e. The molecule has 1 heterocycles. The number of hydrogen-bond acceptors (Lipinski definition) is 6. The minimum Gasteiger partial charge on any atom is -0.490 e. The van der Waals surface area contributed by atoms with Gasteiger partial charge in [-0.25, -0.2) is 9.59 Å². The van der Waals surface area contributed by atoms with Gasteiger partial charge in [-0.05, 0) is 101 Å². The van der Waals surface area contributed by atoms with Crippen LogP contribution in [0.15, 0.2) is 42.5 Å². The molecule has 4 rings (SSSR count). The van der Waals surface area contributed by atoms with Gasteiger partial charge in [0.15, 0.2) is 0 Å². The van der Waals surface area contributed by atoms with Gasteiger partial charge in [0.1, 0.15) is 11.4 Å². The number of nitrogens with zero attached hydrogens (tertiary/aromatic N) is 5. The van der Waals surface area contributed by atoms with Crippen LogP contribution in [0, 0.1) is 12.8 Å². The smallest absolute Gasteiger partial charge is 0.410 e. The number of benzene rings is 2. The van der Waals surface area contributed by atoms with E-state index in [0.29, 0.717) is 13.1 Å². The highest BCUT2D eigenvalue weighted by Gasteiger charge is 2.32. The summed E-state index contributed by atoms with van der Waals surface area (Å²) >= 11 is 0. The molecule has 0 radical (unpaired) electrons. The zero-order chi connectivity index (χ0) is 34.5. The van der Waals surface area contributed by atoms with Gasteiger partial charge in [-0.3, -0.25) is 9.69 Å². The second-order valence-corrected chi connectivity index (χ2v) is 14.5. The second-order valence-electron chi connectivity index (χ2n) is 14.5. The monoisotopic (exact) mass is 649 g/mol. The molecule has 47 heavy (non-hydrogen) atoms. The quantitative estimate of drug-likeness (QED) is 0.341. The normalized spacial score (nSPS) is 20.4. The van der Waals surface area contributed by atoms with E-state index in [1.54, 1.807) is 35.8 Å². The Hall–Kier alpha value is -3.79. The van der Waals surface area contributed by atoms with Crippen molar-refractivity contribution in [2.75, 3.05) is 52.7 Å². The number of piperazine rings is 1. The molecule has 2 aliphatic rings. The van der Waals surface area contributed by atoms with Gasteiger partial charge in [0.05, 0.1) is 6.10 Å². The van der Waals surface area contributed by atoms with Crippen LogP contribution in [-0.4, -0.2) is 103 Å². The summed E-state index contributed by atoms with van der Waals surface area (Å²) in [4.78, 5) is 47.6. The molecule has 2 aromatic rings. The topological polar surface area (TPSA) is 85.9 Å². The minimum atomic E-state index is -0.503. The molecule has 1 aliphatic carbocycles. The summed E-state index contributed by atoms with van der Waals surface area (Å²) in [5.74, 6) is 0.924. The lowest BCUT2D eigenvalue weighted by atomic mass is 9.86. The summed E-state index contributed by atoms with van der Waals surface area (Å²) in [6.45, 7) is 13.4. The molecule has 10 heteroatoms. The van der Waals surface area contributed by atoms with Gasteiger partial charge >= 0.3 is 12.1 Å². The molecule has 4 amide bonds. The van der Waals surface area contributed by atoms with Crippen molar-refractivity contribution in [2.24, 2.45) is 5.92 Å². The van der Waals surface area contributed by atoms with E-state index in [0.717, 1.165) is 67.9 Å². The Labute approximate surface area is 281 Å². The van der Waals surface area contributed by atoms with Crippen LogP contribution in [0.1, 0.15) is 70.1 Å². The van der Waals surface area contributed by atoms with Gasteiger partial charge in [-0.1, -0.05) is 18.2 Å². The van der Waals surface area contributed by atoms with Crippen LogP contribution in [0.2, 0.25) is 0 Å². The third-order valence-electron chi connectivity index (χ3n) is 9.13. The summed E-state index contributed by atoms with van der Waals surface area (Å²) < 4.78 is 11.9. The summed E-state index contributed by atoms with van der Waals surface area (Å²) in [5.41, 5.74) is 3.80. The van der Waals surface area contributed by atoms with E-state index in [4.69, 9.17) is 9.47 Å². The Morgan fingerprint density at radius 3 is 2.26 bits per heavy atom. The first kappa shape index (κ1) is 36.1. The fourth-order valence-corrected chi connectivity index (χ4v) is 6.50. The predicted octanol–water partition coefficient (Wildman–Crippen LogP) is 6.15. The van der Waals surface area contributed by atoms with Gasteiger partial charge in [0, 0.05) is 78.6 Å². The lowest BCUT2D eigenvalue weighted by Gasteiger charge is -2.40. The van der Waals surface area contributed by atoms with Crippen molar-refractivity contribution in [3.63, 3.8) is 0 Å². The van der Waals surface area contributed by atoms with Gasteiger partial charge in [-0.2, -0.15) is 0 Å². The summed E-state index contributed by atoms with van der Waals surface area (Å²) in [5, 5.41) is 0. The summed E-state index contributed by atoms with van der Waals surface area (Å²) in [6, 6.07) is 14.2. The number of aryl methyl sites for hydroxylation is 1. The first-order valence-electron chi connectivity index (χ1n) is 16.9. The average molecular weight is 650 g/mol. The standard InChI is InChI=1S/C37H55N5O5/c1-26-21-31(16-13-30(26)25-41-19-20-42(27(2)23-41)36(45)47-37(3,4)5)40(9)34(43)29-14-17-32(18-15-29)46-33-12-10-11-28(22-33)24-39(8)35(44)38(6)7/h10-13,16,21-22,27,29,32H,14-15,17-20,23-25H2,1-9H3/t27-,29?,32?/m0/s1. The molecule has 0 spiro atoms. The number of hydrogen-bond donors (Lipinski definition) is 0. The molecular weight excluding hydrogens is 594 g/mol. The molecule has 1 saturated carbocycles. The Morgan fingerprint density at radius 1 is 0.936 bits per heavy atom. The molecule has 258 valence electrons. The van der Waals surface area contributed by atoms with Crippen molar-refractivity contribution in [1.82, 2.24) is 19.6 Å². The van der Waals surface area contributed by atoms with Crippen molar-refractivity contribution in [2.45, 2.75) is 91.1 Å². The zero-order valence-corrected chi connectivity index (χ0v) is 29.9. The maximum absolute atomic E-state index is 13.5. The number of rotatable bonds is 8. The predicted molar refractivity (Wildman–Crippen MR) is 186 cm³/mol. The van der Waals surface area contributed by atoms with Crippen LogP contribution in [-0.2, 0) is 22.6 Å². The lowest BCUT2D eigenvalue weighted by Crippen LogP contribution is -2.54. The van der Waals surface area contributed by atoms with Crippen LogP contribution in [0.5, 0.6) is 5.75 Å². The van der Waals surface area contributed by atoms with E-state index >= 15 is 0 Å². The van der Waals surface area contributed by atoms with Gasteiger partial charge in [0.25, 0.3) is 0 Å². The molecule has 1 aliphatic heterocycles. The highest BCUT2D eigenvalue weighted by Crippen LogP contribution is 2.31. The Balaban J connectivity index is 1.26. The van der Waals surface area contributed by atoms with E-state index in [-0.39, 0.29) is 36.1 Å². The van der Waals surface area contributed by atoms with Crippen molar-refractivity contribution < 1.29 is 23.9 Å². The third-order valence-corrected chi connectivity index (χ3v) is 9.13. The Morgan fingerprint density at radius 2 is 1.64 bits per heavy atom. The van der Waals surface area contributed by atoms with Crippen molar-refractivity contribution in [3.05, 3.63) is 59.2 Å². The minimum absolute atomic E-state index is 0.0281. The maximum atomic E-state index is 13.5.